The first kappa shape index (κ1) is 29.0. The summed E-state index contributed by atoms with van der Waals surface area (Å²) in [6.07, 6.45) is -20.9. The van der Waals surface area contributed by atoms with Crippen LogP contribution in [0, 0.1) is 0 Å². The summed E-state index contributed by atoms with van der Waals surface area (Å²) in [6, 6.07) is 0. The third kappa shape index (κ3) is 6.66. The molecule has 3 rings (SSSR count). The zero-order valence-corrected chi connectivity index (χ0v) is 19.4. The van der Waals surface area contributed by atoms with Crippen molar-refractivity contribution in [2.45, 2.75) is 93.8 Å². The molecule has 0 aromatic carbocycles. The monoisotopic (exact) mass is 528 g/mol. The molecule has 0 saturated carbocycles. The molecule has 16 heteroatoms. The Morgan fingerprint density at radius 2 is 1.42 bits per heavy atom. The van der Waals surface area contributed by atoms with Crippen LogP contribution in [0.15, 0.2) is 0 Å². The average molecular weight is 528 g/mol. The summed E-state index contributed by atoms with van der Waals surface area (Å²) in [5.74, 6) is -1.42. The van der Waals surface area contributed by atoms with E-state index in [0.29, 0.717) is 0 Å². The van der Waals surface area contributed by atoms with Gasteiger partial charge in [-0.3, -0.25) is 9.59 Å². The Morgan fingerprint density at radius 3 is 2.06 bits per heavy atom. The lowest BCUT2D eigenvalue weighted by molar-refractivity contribution is -0.376. The van der Waals surface area contributed by atoms with Gasteiger partial charge in [0.2, 0.25) is 0 Å². The molecule has 208 valence electrons. The van der Waals surface area contributed by atoms with Gasteiger partial charge in [-0.25, -0.2) is 0 Å². The molecule has 36 heavy (non-hydrogen) atoms. The summed E-state index contributed by atoms with van der Waals surface area (Å²) in [6.45, 7) is 0.929. The summed E-state index contributed by atoms with van der Waals surface area (Å²) < 4.78 is 36.7. The highest BCUT2D eigenvalue weighted by atomic mass is 16.8. The maximum Gasteiger partial charge on any atom is 0.303 e. The van der Waals surface area contributed by atoms with E-state index >= 15 is 0 Å². The normalized spacial score (nSPS) is 45.6. The van der Waals surface area contributed by atoms with Gasteiger partial charge in [0, 0.05) is 13.8 Å². The van der Waals surface area contributed by atoms with Crippen LogP contribution in [0.1, 0.15) is 13.8 Å². The largest absolute Gasteiger partial charge is 0.463 e. The number of carbonyl (C=O) groups excluding carboxylic acids is 2. The van der Waals surface area contributed by atoms with Crippen LogP contribution in [0.2, 0.25) is 0 Å². The number of esters is 2. The van der Waals surface area contributed by atoms with Crippen molar-refractivity contribution in [1.29, 1.82) is 0 Å². The molecule has 0 unspecified atom stereocenters. The molecule has 3 aliphatic rings. The Hall–Kier alpha value is -1.54. The predicted molar refractivity (Wildman–Crippen MR) is 108 cm³/mol. The third-order valence-electron chi connectivity index (χ3n) is 5.88. The van der Waals surface area contributed by atoms with Gasteiger partial charge in [-0.1, -0.05) is 0 Å². The second-order valence-corrected chi connectivity index (χ2v) is 8.64. The van der Waals surface area contributed by atoms with Gasteiger partial charge in [0.1, 0.15) is 61.5 Å². The summed E-state index contributed by atoms with van der Waals surface area (Å²) >= 11 is 0. The molecule has 7 N–H and O–H groups in total. The van der Waals surface area contributed by atoms with Gasteiger partial charge in [0.25, 0.3) is 0 Å². The lowest BCUT2D eigenvalue weighted by Crippen LogP contribution is -2.64. The smallest absolute Gasteiger partial charge is 0.303 e. The first-order valence-electron chi connectivity index (χ1n) is 11.2. The molecule has 16 nitrogen and oxygen atoms in total. The van der Waals surface area contributed by atoms with Gasteiger partial charge in [-0.05, 0) is 0 Å². The molecule has 0 aliphatic carbocycles. The van der Waals surface area contributed by atoms with Gasteiger partial charge in [-0.2, -0.15) is 0 Å². The second kappa shape index (κ2) is 12.3. The molecule has 3 aliphatic heterocycles. The van der Waals surface area contributed by atoms with Gasteiger partial charge in [0.05, 0.1) is 13.2 Å². The van der Waals surface area contributed by atoms with Crippen molar-refractivity contribution in [2.75, 3.05) is 19.8 Å². The van der Waals surface area contributed by atoms with Crippen LogP contribution in [0.5, 0.6) is 0 Å². The zero-order chi connectivity index (χ0) is 26.7. The minimum absolute atomic E-state index is 0.333. The quantitative estimate of drug-likeness (QED) is 0.153. The topological polar surface area (TPSA) is 240 Å². The minimum Gasteiger partial charge on any atom is -0.463 e. The summed E-state index contributed by atoms with van der Waals surface area (Å²) in [4.78, 5) is 22.4. The van der Waals surface area contributed by atoms with E-state index in [9.17, 15) is 45.3 Å². The van der Waals surface area contributed by atoms with E-state index < -0.39 is 105 Å². The zero-order valence-electron chi connectivity index (χ0n) is 19.4. The number of ether oxygens (including phenoxy) is 7. The Kier molecular flexibility index (Phi) is 9.94. The summed E-state index contributed by atoms with van der Waals surface area (Å²) in [5.41, 5.74) is 0. The van der Waals surface area contributed by atoms with Gasteiger partial charge >= 0.3 is 11.9 Å². The minimum atomic E-state index is -1.86. The lowest BCUT2D eigenvalue weighted by Gasteiger charge is -2.46. The standard InChI is InChI=1S/C20H32O16/c1-6(21)30-4-9-12(25)14(27)15(28)19(34-9)36-17-11(24)8(23)3-32-20(17)35-16-13(26)10(33-7(2)22)5-31-18(16)29/h8-20,23-29H,3-5H2,1-2H3/t8-,9-,10-,11+,12-,13+,14+,15-,16-,17-,18-,19+,20+/m1/s1. The maximum absolute atomic E-state index is 11.3. The molecule has 0 aromatic rings. The van der Waals surface area contributed by atoms with Gasteiger partial charge < -0.3 is 68.9 Å². The molecule has 3 fully saturated rings. The Balaban J connectivity index is 1.75. The number of aliphatic hydroxyl groups is 7. The van der Waals surface area contributed by atoms with Crippen molar-refractivity contribution in [2.24, 2.45) is 0 Å². The Morgan fingerprint density at radius 1 is 0.750 bits per heavy atom. The van der Waals surface area contributed by atoms with Gasteiger partial charge in [0.15, 0.2) is 25.0 Å². The molecule has 0 bridgehead atoms. The first-order valence-corrected chi connectivity index (χ1v) is 11.2. The molecule has 0 spiro atoms. The number of rotatable bonds is 7. The van der Waals surface area contributed by atoms with E-state index in [1.165, 1.54) is 0 Å². The Labute approximate surface area is 204 Å². The highest BCUT2D eigenvalue weighted by Gasteiger charge is 2.51. The van der Waals surface area contributed by atoms with Crippen LogP contribution in [0.25, 0.3) is 0 Å². The van der Waals surface area contributed by atoms with E-state index in [1.54, 1.807) is 0 Å². The van der Waals surface area contributed by atoms with Crippen LogP contribution in [-0.2, 0) is 42.7 Å². The number of aliphatic hydroxyl groups excluding tert-OH is 7. The van der Waals surface area contributed by atoms with E-state index in [-0.39, 0.29) is 6.61 Å². The Bertz CT molecular complexity index is 751. The average Bonchev–Trinajstić information content (AvgIpc) is 2.81. The highest BCUT2D eigenvalue weighted by Crippen LogP contribution is 2.30. The fraction of sp³-hybridized carbons (Fsp3) is 0.900. The van der Waals surface area contributed by atoms with Crippen molar-refractivity contribution in [3.05, 3.63) is 0 Å². The van der Waals surface area contributed by atoms with Crippen molar-refractivity contribution in [3.63, 3.8) is 0 Å². The molecule has 0 aromatic heterocycles. The highest BCUT2D eigenvalue weighted by molar-refractivity contribution is 5.66. The molecule has 3 saturated heterocycles. The molecule has 3 heterocycles. The molecule has 13 atom stereocenters. The summed E-state index contributed by atoms with van der Waals surface area (Å²) in [7, 11) is 0. The van der Waals surface area contributed by atoms with E-state index in [4.69, 9.17) is 33.2 Å². The van der Waals surface area contributed by atoms with Crippen LogP contribution >= 0.6 is 0 Å². The number of hydrogen-bond donors (Lipinski definition) is 7. The van der Waals surface area contributed by atoms with Crippen LogP contribution in [0.3, 0.4) is 0 Å². The number of carbonyl (C=O) groups is 2. The molecular weight excluding hydrogens is 496 g/mol. The molecule has 0 radical (unpaired) electrons. The van der Waals surface area contributed by atoms with Crippen molar-refractivity contribution in [3.8, 4) is 0 Å². The third-order valence-corrected chi connectivity index (χ3v) is 5.88. The van der Waals surface area contributed by atoms with Crippen molar-refractivity contribution >= 4 is 11.9 Å². The van der Waals surface area contributed by atoms with Crippen LogP contribution < -0.4 is 0 Å². The number of hydrogen-bond acceptors (Lipinski definition) is 16. The summed E-state index contributed by atoms with van der Waals surface area (Å²) in [5, 5.41) is 72.0. The lowest BCUT2D eigenvalue weighted by atomic mass is 9.98. The van der Waals surface area contributed by atoms with Crippen LogP contribution in [0.4, 0.5) is 0 Å². The van der Waals surface area contributed by atoms with Crippen LogP contribution in [-0.4, -0.2) is 147 Å². The fourth-order valence-electron chi connectivity index (χ4n) is 3.94. The van der Waals surface area contributed by atoms with Crippen molar-refractivity contribution in [1.82, 2.24) is 0 Å². The van der Waals surface area contributed by atoms with Crippen molar-refractivity contribution < 1.29 is 78.5 Å². The first-order chi connectivity index (χ1) is 16.9. The molecule has 0 amide bonds. The second-order valence-electron chi connectivity index (χ2n) is 8.64. The predicted octanol–water partition coefficient (Wildman–Crippen LogP) is -5.15. The maximum atomic E-state index is 11.3. The SMILES string of the molecule is CC(=O)OC[C@H]1O[C@@H](O[C@H]2[C@H](O[C@@H]3[C@@H](O)[C@H](OC(C)=O)CO[C@H]3O)OC[C@@H](O)[C@@H]2O)[C@H](O)[C@@H](O)[C@@H]1O. The fourth-order valence-corrected chi connectivity index (χ4v) is 3.94. The van der Waals surface area contributed by atoms with Gasteiger partial charge in [-0.15, -0.1) is 0 Å². The van der Waals surface area contributed by atoms with E-state index in [1.807, 2.05) is 0 Å². The molecular formula is C20H32O16. The van der Waals surface area contributed by atoms with E-state index in [2.05, 4.69) is 0 Å². The van der Waals surface area contributed by atoms with E-state index in [0.717, 1.165) is 13.8 Å².